The summed E-state index contributed by atoms with van der Waals surface area (Å²) >= 11 is 0. The Bertz CT molecular complexity index is 456. The number of nitro groups is 1. The van der Waals surface area contributed by atoms with Crippen molar-refractivity contribution in [2.75, 3.05) is 5.32 Å². The third-order valence-corrected chi connectivity index (χ3v) is 2.27. The molecule has 0 aromatic heterocycles. The van der Waals surface area contributed by atoms with Crippen LogP contribution in [0.3, 0.4) is 0 Å². The van der Waals surface area contributed by atoms with Gasteiger partial charge in [-0.15, -0.1) is 0 Å². The van der Waals surface area contributed by atoms with Gasteiger partial charge in [-0.25, -0.2) is 4.79 Å². The van der Waals surface area contributed by atoms with E-state index in [0.717, 1.165) is 0 Å². The Morgan fingerprint density at radius 1 is 1.11 bits per heavy atom. The molecule has 1 aromatic rings. The number of carbonyl (C=O) groups excluding carboxylic acids is 1. The molecule has 5 radical (unpaired) electrons. The summed E-state index contributed by atoms with van der Waals surface area (Å²) in [6.45, 7) is 0. The van der Waals surface area contributed by atoms with E-state index >= 15 is 0 Å². The molecule has 1 saturated carbocycles. The van der Waals surface area contributed by atoms with Gasteiger partial charge in [-0.1, -0.05) is 12.1 Å². The van der Waals surface area contributed by atoms with Crippen LogP contribution in [0.15, 0.2) is 24.3 Å². The lowest BCUT2D eigenvalue weighted by atomic mass is 10.2. The van der Waals surface area contributed by atoms with Crippen molar-refractivity contribution in [3.63, 3.8) is 0 Å². The van der Waals surface area contributed by atoms with Crippen LogP contribution in [0, 0.1) is 41.8 Å². The van der Waals surface area contributed by atoms with Gasteiger partial charge in [-0.2, -0.15) is 0 Å². The topological polar surface area (TPSA) is 84.3 Å². The summed E-state index contributed by atoms with van der Waals surface area (Å²) < 4.78 is 0. The van der Waals surface area contributed by atoms with Crippen LogP contribution in [0.5, 0.6) is 0 Å². The summed E-state index contributed by atoms with van der Waals surface area (Å²) in [7, 11) is 0. The van der Waals surface area contributed by atoms with Crippen LogP contribution in [-0.4, -0.2) is 11.0 Å². The van der Waals surface area contributed by atoms with E-state index in [-0.39, 0.29) is 11.4 Å². The fraction of sp³-hybridized carbons (Fsp3) is 0. The van der Waals surface area contributed by atoms with Gasteiger partial charge in [0.05, 0.1) is 11.0 Å². The number of benzene rings is 1. The Kier molecular flexibility index (Phi) is 3.76. The average Bonchev–Trinajstić information content (AvgIpc) is 2.82. The van der Waals surface area contributed by atoms with E-state index in [4.69, 9.17) is 0 Å². The normalized spacial score (nSPS) is 15.3. The monoisotopic (exact) mass is 244 g/mol. The van der Waals surface area contributed by atoms with E-state index < -0.39 is 11.0 Å². The molecule has 0 unspecified atom stereocenters. The number of nitro benzene ring substituents is 1. The number of anilines is 1. The summed E-state index contributed by atoms with van der Waals surface area (Å²) in [5, 5.41) is 15.8. The van der Waals surface area contributed by atoms with Crippen LogP contribution < -0.4 is 10.6 Å². The molecule has 2 N–H and O–H groups in total. The molecule has 1 aliphatic rings. The smallest absolute Gasteiger partial charge is 0.319 e. The van der Waals surface area contributed by atoms with Crippen LogP contribution in [-0.2, 0) is 0 Å². The summed E-state index contributed by atoms with van der Waals surface area (Å²) in [4.78, 5) is 21.8. The van der Waals surface area contributed by atoms with Gasteiger partial charge in [0, 0.05) is 6.07 Å². The molecule has 91 valence electrons. The van der Waals surface area contributed by atoms with Crippen molar-refractivity contribution in [3.05, 3.63) is 66.1 Å². The molecule has 1 aromatic carbocycles. The minimum atomic E-state index is -0.544. The number of amides is 2. The number of rotatable bonds is 3. The molecule has 2 amide bonds. The van der Waals surface area contributed by atoms with E-state index in [1.165, 1.54) is 12.1 Å². The molecule has 6 nitrogen and oxygen atoms in total. The first-order valence-corrected chi connectivity index (χ1v) is 5.20. The number of para-hydroxylation sites is 2. The highest BCUT2D eigenvalue weighted by Gasteiger charge is 2.20. The minimum absolute atomic E-state index is 0.143. The van der Waals surface area contributed by atoms with E-state index in [0.29, 0.717) is 6.04 Å². The Balaban J connectivity index is 2.00. The Morgan fingerprint density at radius 2 is 1.78 bits per heavy atom. The predicted octanol–water partition coefficient (Wildman–Crippen LogP) is 2.08. The molecule has 0 spiro atoms. The van der Waals surface area contributed by atoms with E-state index in [2.05, 4.69) is 10.6 Å². The lowest BCUT2D eigenvalue weighted by molar-refractivity contribution is -0.383. The minimum Gasteiger partial charge on any atom is -0.329 e. The van der Waals surface area contributed by atoms with Crippen LogP contribution in [0.4, 0.5) is 16.2 Å². The fourth-order valence-corrected chi connectivity index (χ4v) is 1.48. The third kappa shape index (κ3) is 2.97. The molecule has 1 aliphatic carbocycles. The van der Waals surface area contributed by atoms with Crippen LogP contribution in [0.1, 0.15) is 0 Å². The highest BCUT2D eigenvalue weighted by Crippen LogP contribution is 2.24. The largest absolute Gasteiger partial charge is 0.329 e. The third-order valence-electron chi connectivity index (χ3n) is 2.27. The van der Waals surface area contributed by atoms with Gasteiger partial charge in [0.2, 0.25) is 0 Å². The number of nitrogens with zero attached hydrogens (tertiary/aromatic N) is 1. The number of carbonyl (C=O) groups is 1. The van der Waals surface area contributed by atoms with Crippen molar-refractivity contribution in [2.24, 2.45) is 0 Å². The number of nitrogens with one attached hydrogen (secondary N) is 2. The van der Waals surface area contributed by atoms with Crippen molar-refractivity contribution < 1.29 is 9.72 Å². The molecule has 0 atom stereocenters. The van der Waals surface area contributed by atoms with E-state index in [1.807, 2.05) is 0 Å². The first kappa shape index (κ1) is 12.3. The zero-order valence-corrected chi connectivity index (χ0v) is 9.29. The standard InChI is InChI=1S/C12H10N3O3/c16-12(13-9-5-1-2-6-9)14-10-7-3-4-8-11(10)15(17)18/h1-8H,(H2,13,14,16). The van der Waals surface area contributed by atoms with Crippen molar-refractivity contribution in [1.29, 1.82) is 0 Å². The average molecular weight is 244 g/mol. The highest BCUT2D eigenvalue weighted by atomic mass is 16.6. The van der Waals surface area contributed by atoms with Gasteiger partial charge in [-0.05, 0) is 31.7 Å². The van der Waals surface area contributed by atoms with Crippen molar-refractivity contribution in [1.82, 2.24) is 5.32 Å². The van der Waals surface area contributed by atoms with Gasteiger partial charge in [-0.3, -0.25) is 10.1 Å². The summed E-state index contributed by atoms with van der Waals surface area (Å²) in [6.07, 6.45) is 7.00. The number of hydrogen-bond donors (Lipinski definition) is 2. The van der Waals surface area contributed by atoms with Gasteiger partial charge < -0.3 is 10.6 Å². The fourth-order valence-electron chi connectivity index (χ4n) is 1.48. The van der Waals surface area contributed by atoms with Gasteiger partial charge in [0.15, 0.2) is 0 Å². The zero-order chi connectivity index (χ0) is 13.0. The molecule has 2 rings (SSSR count). The lowest BCUT2D eigenvalue weighted by Crippen LogP contribution is -2.31. The summed E-state index contributed by atoms with van der Waals surface area (Å²) in [5.74, 6) is 0. The Hall–Kier alpha value is -2.11. The van der Waals surface area contributed by atoms with Crippen LogP contribution >= 0.6 is 0 Å². The molecule has 0 saturated heterocycles. The van der Waals surface area contributed by atoms with Crippen LogP contribution in [0.2, 0.25) is 0 Å². The summed E-state index contributed by atoms with van der Waals surface area (Å²) in [6, 6.07) is 6.08. The molecule has 6 heteroatoms. The number of hydrogen-bond acceptors (Lipinski definition) is 3. The Labute approximate surface area is 105 Å². The second-order valence-electron chi connectivity index (χ2n) is 3.53. The second-order valence-corrected chi connectivity index (χ2v) is 3.53. The molecule has 0 aliphatic heterocycles. The van der Waals surface area contributed by atoms with E-state index in [9.17, 15) is 14.9 Å². The molecule has 0 bridgehead atoms. The maximum Gasteiger partial charge on any atom is 0.319 e. The quantitative estimate of drug-likeness (QED) is 0.630. The second kappa shape index (κ2) is 5.48. The molecule has 18 heavy (non-hydrogen) atoms. The molecule has 1 fully saturated rings. The number of urea groups is 1. The molecule has 0 heterocycles. The van der Waals surface area contributed by atoms with Gasteiger partial charge in [0.1, 0.15) is 5.69 Å². The molecular weight excluding hydrogens is 234 g/mol. The maximum atomic E-state index is 11.6. The summed E-state index contributed by atoms with van der Waals surface area (Å²) in [5.41, 5.74) is 0.0155. The van der Waals surface area contributed by atoms with Crippen LogP contribution in [0.25, 0.3) is 0 Å². The van der Waals surface area contributed by atoms with Crippen molar-refractivity contribution >= 4 is 17.4 Å². The van der Waals surface area contributed by atoms with Gasteiger partial charge in [0.25, 0.3) is 5.69 Å². The lowest BCUT2D eigenvalue weighted by Gasteiger charge is -2.11. The van der Waals surface area contributed by atoms with E-state index in [1.54, 1.807) is 37.8 Å². The first-order valence-electron chi connectivity index (χ1n) is 5.20. The molecular formula is C12H10N3O3. The Morgan fingerprint density at radius 3 is 2.44 bits per heavy atom. The van der Waals surface area contributed by atoms with Gasteiger partial charge >= 0.3 is 6.03 Å². The first-order chi connectivity index (χ1) is 8.66. The van der Waals surface area contributed by atoms with Crippen molar-refractivity contribution in [3.8, 4) is 0 Å². The maximum absolute atomic E-state index is 11.6. The SMILES string of the molecule is O=C(N[C]1[CH][CH][CH][CH]1)Nc1ccccc1[N+](=O)[O-]. The van der Waals surface area contributed by atoms with Crippen molar-refractivity contribution in [2.45, 2.75) is 0 Å². The highest BCUT2D eigenvalue weighted by molar-refractivity contribution is 5.92. The predicted molar refractivity (Wildman–Crippen MR) is 65.7 cm³/mol. The zero-order valence-electron chi connectivity index (χ0n) is 9.29.